The fraction of sp³-hybridized carbons (Fsp3) is 0.920. The molecule has 3 aliphatic carbocycles. The molecule has 0 amide bonds. The molecule has 1 fully saturated rings. The molecule has 0 radical (unpaired) electrons. The molecule has 0 nitrogen and oxygen atoms in total. The highest BCUT2D eigenvalue weighted by Crippen LogP contribution is 2.61. The molecule has 1 saturated carbocycles. The Kier molecular flexibility index (Phi) is 5.50. The van der Waals surface area contributed by atoms with E-state index in [2.05, 4.69) is 48.5 Å². The van der Waals surface area contributed by atoms with Crippen molar-refractivity contribution in [2.24, 2.45) is 40.4 Å². The molecule has 0 saturated heterocycles. The van der Waals surface area contributed by atoms with Crippen molar-refractivity contribution in [3.8, 4) is 0 Å². The van der Waals surface area contributed by atoms with Crippen LogP contribution in [-0.2, 0) is 0 Å². The molecule has 5 atom stereocenters. The molecular formula is C25H44. The largest absolute Gasteiger partial charge is 0.0673 e. The van der Waals surface area contributed by atoms with E-state index in [0.29, 0.717) is 10.8 Å². The zero-order valence-corrected chi connectivity index (χ0v) is 18.3. The van der Waals surface area contributed by atoms with Gasteiger partial charge in [0, 0.05) is 0 Å². The SMILES string of the molecule is CCC1CC(C)C2=C(CCCCC(C)(C(C)C)C3CC3C2)C(C)(C)C1. The Morgan fingerprint density at radius 2 is 1.80 bits per heavy atom. The summed E-state index contributed by atoms with van der Waals surface area (Å²) in [5.74, 6) is 4.58. The Bertz CT molecular complexity index is 508. The van der Waals surface area contributed by atoms with E-state index in [4.69, 9.17) is 0 Å². The van der Waals surface area contributed by atoms with Crippen LogP contribution in [0.3, 0.4) is 0 Å². The van der Waals surface area contributed by atoms with Crippen LogP contribution in [0.15, 0.2) is 11.1 Å². The van der Waals surface area contributed by atoms with Gasteiger partial charge in [-0.25, -0.2) is 0 Å². The molecule has 0 N–H and O–H groups in total. The molecule has 0 heterocycles. The first-order valence-corrected chi connectivity index (χ1v) is 11.4. The number of rotatable bonds is 2. The molecule has 0 aromatic rings. The fourth-order valence-corrected chi connectivity index (χ4v) is 6.71. The monoisotopic (exact) mass is 344 g/mol. The maximum atomic E-state index is 2.62. The van der Waals surface area contributed by atoms with E-state index in [0.717, 1.165) is 29.6 Å². The first-order valence-electron chi connectivity index (χ1n) is 11.4. The highest BCUT2D eigenvalue weighted by Gasteiger charge is 2.51. The molecule has 0 bridgehead atoms. The summed E-state index contributed by atoms with van der Waals surface area (Å²) in [5, 5.41) is 0. The van der Waals surface area contributed by atoms with Crippen LogP contribution in [0, 0.1) is 40.4 Å². The van der Waals surface area contributed by atoms with Gasteiger partial charge < -0.3 is 0 Å². The minimum absolute atomic E-state index is 0.436. The van der Waals surface area contributed by atoms with Crippen LogP contribution in [0.2, 0.25) is 0 Å². The Labute approximate surface area is 158 Å². The quantitative estimate of drug-likeness (QED) is 0.445. The molecule has 0 spiro atoms. The molecule has 0 aromatic carbocycles. The first kappa shape index (κ1) is 19.5. The minimum atomic E-state index is 0.436. The molecular weight excluding hydrogens is 300 g/mol. The van der Waals surface area contributed by atoms with Crippen molar-refractivity contribution in [1.82, 2.24) is 0 Å². The van der Waals surface area contributed by atoms with Gasteiger partial charge >= 0.3 is 0 Å². The number of hydrogen-bond acceptors (Lipinski definition) is 0. The average molecular weight is 345 g/mol. The lowest BCUT2D eigenvalue weighted by molar-refractivity contribution is 0.144. The summed E-state index contributed by atoms with van der Waals surface area (Å²) < 4.78 is 0. The van der Waals surface area contributed by atoms with E-state index in [1.807, 2.05) is 11.1 Å². The maximum absolute atomic E-state index is 2.62. The maximum Gasteiger partial charge on any atom is -0.0139 e. The highest BCUT2D eigenvalue weighted by molar-refractivity contribution is 5.27. The summed E-state index contributed by atoms with van der Waals surface area (Å²) in [6.45, 7) is 17.7. The molecule has 0 heteroatoms. The second-order valence-corrected chi connectivity index (χ2v) is 11.2. The van der Waals surface area contributed by atoms with Gasteiger partial charge in [-0.2, -0.15) is 0 Å². The lowest BCUT2D eigenvalue weighted by atomic mass is 9.68. The summed E-state index contributed by atoms with van der Waals surface area (Å²) in [6.07, 6.45) is 12.9. The molecule has 3 rings (SSSR count). The zero-order chi connectivity index (χ0) is 18.4. The van der Waals surface area contributed by atoms with Crippen LogP contribution < -0.4 is 0 Å². The van der Waals surface area contributed by atoms with Crippen molar-refractivity contribution < 1.29 is 0 Å². The summed E-state index contributed by atoms with van der Waals surface area (Å²) in [4.78, 5) is 0. The molecule has 0 aliphatic heterocycles. The van der Waals surface area contributed by atoms with Crippen molar-refractivity contribution in [3.05, 3.63) is 11.1 Å². The van der Waals surface area contributed by atoms with Gasteiger partial charge in [0.1, 0.15) is 0 Å². The third-order valence-electron chi connectivity index (χ3n) is 8.83. The highest BCUT2D eigenvalue weighted by atomic mass is 14.6. The van der Waals surface area contributed by atoms with E-state index in [1.165, 1.54) is 57.8 Å². The average Bonchev–Trinajstić information content (AvgIpc) is 3.31. The van der Waals surface area contributed by atoms with Gasteiger partial charge in [-0.3, -0.25) is 0 Å². The van der Waals surface area contributed by atoms with Crippen LogP contribution in [0.5, 0.6) is 0 Å². The standard InChI is InChI=1S/C25H44/c1-8-19-13-18(4)21-14-20-15-23(20)25(7,17(2)3)12-10-9-11-22(21)24(5,6)16-19/h17-20,23H,8-16H2,1-7H3. The summed E-state index contributed by atoms with van der Waals surface area (Å²) in [7, 11) is 0. The summed E-state index contributed by atoms with van der Waals surface area (Å²) in [6, 6.07) is 0. The molecule has 25 heavy (non-hydrogen) atoms. The van der Waals surface area contributed by atoms with Gasteiger partial charge in [0.15, 0.2) is 0 Å². The normalized spacial score (nSPS) is 41.8. The Morgan fingerprint density at radius 1 is 1.08 bits per heavy atom. The number of hydrogen-bond donors (Lipinski definition) is 0. The molecule has 144 valence electrons. The van der Waals surface area contributed by atoms with Crippen LogP contribution in [0.1, 0.15) is 106 Å². The third-order valence-corrected chi connectivity index (χ3v) is 8.83. The second-order valence-electron chi connectivity index (χ2n) is 11.2. The van der Waals surface area contributed by atoms with E-state index in [9.17, 15) is 0 Å². The first-order chi connectivity index (χ1) is 11.7. The van der Waals surface area contributed by atoms with Crippen LogP contribution in [0.4, 0.5) is 0 Å². The number of allylic oxidation sites excluding steroid dienone is 2. The van der Waals surface area contributed by atoms with Gasteiger partial charge in [-0.05, 0) is 85.4 Å². The summed E-state index contributed by atoms with van der Waals surface area (Å²) in [5.41, 5.74) is 4.85. The van der Waals surface area contributed by atoms with Gasteiger partial charge in [0.05, 0.1) is 0 Å². The predicted molar refractivity (Wildman–Crippen MR) is 111 cm³/mol. The van der Waals surface area contributed by atoms with E-state index in [-0.39, 0.29) is 0 Å². The van der Waals surface area contributed by atoms with Crippen LogP contribution in [0.25, 0.3) is 0 Å². The van der Waals surface area contributed by atoms with E-state index >= 15 is 0 Å². The topological polar surface area (TPSA) is 0 Å². The van der Waals surface area contributed by atoms with Crippen molar-refractivity contribution >= 4 is 0 Å². The smallest absolute Gasteiger partial charge is 0.0139 e. The van der Waals surface area contributed by atoms with Gasteiger partial charge in [-0.15, -0.1) is 0 Å². The van der Waals surface area contributed by atoms with E-state index in [1.54, 1.807) is 0 Å². The lowest BCUT2D eigenvalue weighted by Crippen LogP contribution is -2.28. The third kappa shape index (κ3) is 3.74. The van der Waals surface area contributed by atoms with Gasteiger partial charge in [0.2, 0.25) is 0 Å². The Hall–Kier alpha value is -0.260. The summed E-state index contributed by atoms with van der Waals surface area (Å²) >= 11 is 0. The van der Waals surface area contributed by atoms with Crippen LogP contribution in [-0.4, -0.2) is 0 Å². The zero-order valence-electron chi connectivity index (χ0n) is 18.3. The Balaban J connectivity index is 1.91. The van der Waals surface area contributed by atoms with Crippen molar-refractivity contribution in [2.75, 3.05) is 0 Å². The number of fused-ring (bicyclic) bond motifs is 1. The lowest BCUT2D eigenvalue weighted by Gasteiger charge is -2.37. The molecule has 0 aromatic heterocycles. The second kappa shape index (κ2) is 7.05. The van der Waals surface area contributed by atoms with Crippen molar-refractivity contribution in [3.63, 3.8) is 0 Å². The van der Waals surface area contributed by atoms with E-state index < -0.39 is 0 Å². The van der Waals surface area contributed by atoms with Gasteiger partial charge in [-0.1, -0.05) is 72.5 Å². The molecule has 3 aliphatic rings. The minimum Gasteiger partial charge on any atom is -0.0673 e. The van der Waals surface area contributed by atoms with Gasteiger partial charge in [0.25, 0.3) is 0 Å². The fourth-order valence-electron chi connectivity index (χ4n) is 6.71. The van der Waals surface area contributed by atoms with Crippen molar-refractivity contribution in [2.45, 2.75) is 106 Å². The predicted octanol–water partition coefficient (Wildman–Crippen LogP) is 8.03. The van der Waals surface area contributed by atoms with Crippen molar-refractivity contribution in [1.29, 1.82) is 0 Å². The Morgan fingerprint density at radius 3 is 2.44 bits per heavy atom. The molecule has 5 unspecified atom stereocenters. The van der Waals surface area contributed by atoms with Crippen LogP contribution >= 0.6 is 0 Å².